The average Bonchev–Trinajstić information content (AvgIpc) is 2.38. The molecule has 0 aromatic heterocycles. The van der Waals surface area contributed by atoms with Crippen molar-refractivity contribution in [2.24, 2.45) is 5.73 Å². The average molecular weight is 306 g/mol. The first kappa shape index (κ1) is 13.1. The third-order valence-corrected chi connectivity index (χ3v) is 3.53. The fourth-order valence-corrected chi connectivity index (χ4v) is 2.04. The topological polar surface area (TPSA) is 35.2 Å². The Morgan fingerprint density at radius 1 is 1.11 bits per heavy atom. The molecule has 1 atom stereocenters. The standard InChI is InChI=1S/C15H16BrNO/c1-11(17)12-6-8-14(9-7-12)18-10-13-4-2-3-5-15(13)16/h2-9,11H,10,17H2,1H3. The third-order valence-electron chi connectivity index (χ3n) is 2.76. The zero-order valence-corrected chi connectivity index (χ0v) is 11.9. The van der Waals surface area contributed by atoms with Crippen LogP contribution in [0.1, 0.15) is 24.1 Å². The van der Waals surface area contributed by atoms with Crippen molar-refractivity contribution in [1.29, 1.82) is 0 Å². The lowest BCUT2D eigenvalue weighted by Gasteiger charge is -2.10. The molecule has 1 unspecified atom stereocenters. The molecule has 3 heteroatoms. The lowest BCUT2D eigenvalue weighted by molar-refractivity contribution is 0.305. The van der Waals surface area contributed by atoms with Crippen LogP contribution >= 0.6 is 15.9 Å². The molecule has 0 fully saturated rings. The van der Waals surface area contributed by atoms with Gasteiger partial charge in [-0.2, -0.15) is 0 Å². The van der Waals surface area contributed by atoms with Gasteiger partial charge in [0.1, 0.15) is 12.4 Å². The monoisotopic (exact) mass is 305 g/mol. The van der Waals surface area contributed by atoms with Gasteiger partial charge < -0.3 is 10.5 Å². The largest absolute Gasteiger partial charge is 0.489 e. The Balaban J connectivity index is 2.00. The quantitative estimate of drug-likeness (QED) is 0.925. The molecule has 0 aliphatic carbocycles. The van der Waals surface area contributed by atoms with E-state index in [2.05, 4.69) is 15.9 Å². The van der Waals surface area contributed by atoms with Gasteiger partial charge in [0.2, 0.25) is 0 Å². The van der Waals surface area contributed by atoms with E-state index in [-0.39, 0.29) is 6.04 Å². The van der Waals surface area contributed by atoms with Crippen LogP contribution in [0.15, 0.2) is 53.0 Å². The number of halogens is 1. The van der Waals surface area contributed by atoms with E-state index in [1.165, 1.54) is 0 Å². The highest BCUT2D eigenvalue weighted by atomic mass is 79.9. The third kappa shape index (κ3) is 3.34. The van der Waals surface area contributed by atoms with Gasteiger partial charge in [0, 0.05) is 16.1 Å². The minimum atomic E-state index is 0.0577. The summed E-state index contributed by atoms with van der Waals surface area (Å²) < 4.78 is 6.80. The zero-order valence-electron chi connectivity index (χ0n) is 10.3. The predicted molar refractivity (Wildman–Crippen MR) is 77.5 cm³/mol. The molecule has 0 aliphatic heterocycles. The zero-order chi connectivity index (χ0) is 13.0. The second kappa shape index (κ2) is 6.03. The molecule has 0 bridgehead atoms. The van der Waals surface area contributed by atoms with Crippen LogP contribution in [0.4, 0.5) is 0 Å². The maximum Gasteiger partial charge on any atom is 0.119 e. The molecule has 2 rings (SSSR count). The smallest absolute Gasteiger partial charge is 0.119 e. The second-order valence-electron chi connectivity index (χ2n) is 4.24. The normalized spacial score (nSPS) is 12.2. The predicted octanol–water partition coefficient (Wildman–Crippen LogP) is 4.05. The molecule has 2 N–H and O–H groups in total. The van der Waals surface area contributed by atoms with Gasteiger partial charge >= 0.3 is 0 Å². The van der Waals surface area contributed by atoms with Gasteiger partial charge in [0.05, 0.1) is 0 Å². The molecule has 0 saturated heterocycles. The molecule has 2 aromatic rings. The first-order chi connectivity index (χ1) is 8.66. The van der Waals surface area contributed by atoms with Crippen LogP contribution in [0.3, 0.4) is 0 Å². The Labute approximate surface area is 116 Å². The Morgan fingerprint density at radius 3 is 2.39 bits per heavy atom. The molecule has 0 aliphatic rings. The van der Waals surface area contributed by atoms with Gasteiger partial charge in [-0.1, -0.05) is 46.3 Å². The van der Waals surface area contributed by atoms with Gasteiger partial charge in [-0.05, 0) is 30.7 Å². The van der Waals surface area contributed by atoms with Crippen molar-refractivity contribution >= 4 is 15.9 Å². The Morgan fingerprint density at radius 2 is 1.78 bits per heavy atom. The van der Waals surface area contributed by atoms with Crippen molar-refractivity contribution in [3.63, 3.8) is 0 Å². The highest BCUT2D eigenvalue weighted by Gasteiger charge is 2.02. The van der Waals surface area contributed by atoms with Crippen LogP contribution in [0.5, 0.6) is 5.75 Å². The lowest BCUT2D eigenvalue weighted by atomic mass is 10.1. The molecule has 0 spiro atoms. The highest BCUT2D eigenvalue weighted by molar-refractivity contribution is 9.10. The molecule has 18 heavy (non-hydrogen) atoms. The number of ether oxygens (including phenoxy) is 1. The first-order valence-electron chi connectivity index (χ1n) is 5.88. The number of rotatable bonds is 4. The van der Waals surface area contributed by atoms with Gasteiger partial charge in [0.15, 0.2) is 0 Å². The van der Waals surface area contributed by atoms with Crippen molar-refractivity contribution in [3.8, 4) is 5.75 Å². The van der Waals surface area contributed by atoms with E-state index in [4.69, 9.17) is 10.5 Å². The van der Waals surface area contributed by atoms with Crippen LogP contribution in [-0.2, 0) is 6.61 Å². The van der Waals surface area contributed by atoms with E-state index < -0.39 is 0 Å². The summed E-state index contributed by atoms with van der Waals surface area (Å²) in [6, 6.07) is 16.0. The fraction of sp³-hybridized carbons (Fsp3) is 0.200. The van der Waals surface area contributed by atoms with Crippen LogP contribution in [0, 0.1) is 0 Å². The van der Waals surface area contributed by atoms with Crippen molar-refractivity contribution in [1.82, 2.24) is 0 Å². The molecule has 0 radical (unpaired) electrons. The Kier molecular flexibility index (Phi) is 4.39. The number of nitrogens with two attached hydrogens (primary N) is 1. The maximum absolute atomic E-state index is 5.80. The summed E-state index contributed by atoms with van der Waals surface area (Å²) >= 11 is 3.50. The van der Waals surface area contributed by atoms with Crippen LogP contribution in [-0.4, -0.2) is 0 Å². The molecular formula is C15H16BrNO. The summed E-state index contributed by atoms with van der Waals surface area (Å²) in [7, 11) is 0. The van der Waals surface area contributed by atoms with E-state index in [0.29, 0.717) is 6.61 Å². The van der Waals surface area contributed by atoms with E-state index in [9.17, 15) is 0 Å². The summed E-state index contributed by atoms with van der Waals surface area (Å²) in [6.45, 7) is 2.52. The molecule has 94 valence electrons. The van der Waals surface area contributed by atoms with Gasteiger partial charge in [-0.3, -0.25) is 0 Å². The summed E-state index contributed by atoms with van der Waals surface area (Å²) in [5, 5.41) is 0. The minimum Gasteiger partial charge on any atom is -0.489 e. The molecule has 0 amide bonds. The van der Waals surface area contributed by atoms with Crippen molar-refractivity contribution in [3.05, 3.63) is 64.1 Å². The summed E-state index contributed by atoms with van der Waals surface area (Å²) in [5.74, 6) is 0.857. The number of hydrogen-bond acceptors (Lipinski definition) is 2. The maximum atomic E-state index is 5.80. The molecule has 2 nitrogen and oxygen atoms in total. The number of hydrogen-bond donors (Lipinski definition) is 1. The lowest BCUT2D eigenvalue weighted by Crippen LogP contribution is -2.04. The van der Waals surface area contributed by atoms with E-state index in [0.717, 1.165) is 21.3 Å². The Hall–Kier alpha value is -1.32. The van der Waals surface area contributed by atoms with Crippen LogP contribution in [0.25, 0.3) is 0 Å². The molecule has 0 saturated carbocycles. The second-order valence-corrected chi connectivity index (χ2v) is 5.09. The van der Waals surface area contributed by atoms with Crippen molar-refractivity contribution in [2.45, 2.75) is 19.6 Å². The first-order valence-corrected chi connectivity index (χ1v) is 6.68. The fourth-order valence-electron chi connectivity index (χ4n) is 1.64. The summed E-state index contributed by atoms with van der Waals surface area (Å²) in [6.07, 6.45) is 0. The highest BCUT2D eigenvalue weighted by Crippen LogP contribution is 2.20. The van der Waals surface area contributed by atoms with Gasteiger partial charge in [-0.15, -0.1) is 0 Å². The van der Waals surface area contributed by atoms with Crippen molar-refractivity contribution < 1.29 is 4.74 Å². The van der Waals surface area contributed by atoms with Crippen molar-refractivity contribution in [2.75, 3.05) is 0 Å². The molecular weight excluding hydrogens is 290 g/mol. The van der Waals surface area contributed by atoms with Crippen LogP contribution < -0.4 is 10.5 Å². The van der Waals surface area contributed by atoms with Gasteiger partial charge in [0.25, 0.3) is 0 Å². The molecule has 2 aromatic carbocycles. The van der Waals surface area contributed by atoms with E-state index in [1.807, 2.05) is 55.5 Å². The summed E-state index contributed by atoms with van der Waals surface area (Å²) in [5.41, 5.74) is 8.05. The SMILES string of the molecule is CC(N)c1ccc(OCc2ccccc2Br)cc1. The van der Waals surface area contributed by atoms with E-state index >= 15 is 0 Å². The summed E-state index contributed by atoms with van der Waals surface area (Å²) in [4.78, 5) is 0. The minimum absolute atomic E-state index is 0.0577. The van der Waals surface area contributed by atoms with Crippen LogP contribution in [0.2, 0.25) is 0 Å². The number of benzene rings is 2. The molecule has 0 heterocycles. The Bertz CT molecular complexity index is 508. The van der Waals surface area contributed by atoms with E-state index in [1.54, 1.807) is 0 Å². The van der Waals surface area contributed by atoms with Gasteiger partial charge in [-0.25, -0.2) is 0 Å².